The molecule has 2 N–H and O–H groups in total. The zero-order valence-corrected chi connectivity index (χ0v) is 11.5. The van der Waals surface area contributed by atoms with Gasteiger partial charge in [-0.1, -0.05) is 12.1 Å². The molecular formula is C15H20N2O3. The highest BCUT2D eigenvalue weighted by atomic mass is 16.5. The minimum Gasteiger partial charge on any atom is -0.488 e. The highest BCUT2D eigenvalue weighted by Gasteiger charge is 2.30. The molecule has 1 aromatic rings. The van der Waals surface area contributed by atoms with Crippen LogP contribution >= 0.6 is 0 Å². The third-order valence-corrected chi connectivity index (χ3v) is 3.77. The van der Waals surface area contributed by atoms with Gasteiger partial charge in [0.05, 0.1) is 18.9 Å². The van der Waals surface area contributed by atoms with Crippen LogP contribution in [0.2, 0.25) is 0 Å². The van der Waals surface area contributed by atoms with Gasteiger partial charge in [0.1, 0.15) is 11.9 Å². The molecule has 0 aromatic heterocycles. The molecule has 0 bridgehead atoms. The van der Waals surface area contributed by atoms with E-state index < -0.39 is 0 Å². The van der Waals surface area contributed by atoms with E-state index in [0.29, 0.717) is 13.0 Å². The molecule has 1 amide bonds. The van der Waals surface area contributed by atoms with Gasteiger partial charge in [-0.3, -0.25) is 4.79 Å². The Hall–Kier alpha value is -1.59. The quantitative estimate of drug-likeness (QED) is 0.904. The number of carbonyl (C=O) groups is 1. The van der Waals surface area contributed by atoms with Crippen LogP contribution in [0.1, 0.15) is 19.3 Å². The van der Waals surface area contributed by atoms with Gasteiger partial charge in [0.15, 0.2) is 0 Å². The smallest absolute Gasteiger partial charge is 0.228 e. The third kappa shape index (κ3) is 2.78. The van der Waals surface area contributed by atoms with E-state index in [1.807, 2.05) is 24.3 Å². The van der Waals surface area contributed by atoms with Crippen LogP contribution in [-0.2, 0) is 9.53 Å². The van der Waals surface area contributed by atoms with Crippen LogP contribution in [0.3, 0.4) is 0 Å². The normalized spacial score (nSPS) is 24.1. The molecule has 2 heterocycles. The van der Waals surface area contributed by atoms with Crippen LogP contribution in [0.5, 0.6) is 5.75 Å². The summed E-state index contributed by atoms with van der Waals surface area (Å²) in [6, 6.07) is 7.60. The van der Waals surface area contributed by atoms with Crippen molar-refractivity contribution < 1.29 is 14.3 Å². The van der Waals surface area contributed by atoms with Crippen LogP contribution in [0.25, 0.3) is 0 Å². The summed E-state index contributed by atoms with van der Waals surface area (Å²) in [5, 5.41) is 0. The maximum absolute atomic E-state index is 12.0. The van der Waals surface area contributed by atoms with Gasteiger partial charge in [-0.25, -0.2) is 0 Å². The van der Waals surface area contributed by atoms with Crippen molar-refractivity contribution >= 4 is 11.6 Å². The number of benzene rings is 1. The van der Waals surface area contributed by atoms with Crippen molar-refractivity contribution in [1.82, 2.24) is 0 Å². The fraction of sp³-hybridized carbons (Fsp3) is 0.533. The summed E-state index contributed by atoms with van der Waals surface area (Å²) in [6.45, 7) is 2.04. The van der Waals surface area contributed by atoms with Gasteiger partial charge in [-0.2, -0.15) is 0 Å². The molecule has 2 aliphatic rings. The second kappa shape index (κ2) is 5.81. The van der Waals surface area contributed by atoms with Crippen molar-refractivity contribution in [2.24, 2.45) is 5.73 Å². The van der Waals surface area contributed by atoms with Crippen molar-refractivity contribution in [3.8, 4) is 5.75 Å². The van der Waals surface area contributed by atoms with E-state index in [2.05, 4.69) is 0 Å². The Morgan fingerprint density at radius 3 is 2.70 bits per heavy atom. The molecular weight excluding hydrogens is 256 g/mol. The zero-order chi connectivity index (χ0) is 13.9. The number of nitrogens with two attached hydrogens (primary N) is 1. The van der Waals surface area contributed by atoms with Crippen molar-refractivity contribution in [3.63, 3.8) is 0 Å². The number of carbonyl (C=O) groups excluding carboxylic acids is 1. The minimum absolute atomic E-state index is 0.0699. The molecule has 0 saturated carbocycles. The first-order valence-electron chi connectivity index (χ1n) is 7.13. The average molecular weight is 276 g/mol. The van der Waals surface area contributed by atoms with Gasteiger partial charge in [-0.15, -0.1) is 0 Å². The number of hydrogen-bond donors (Lipinski definition) is 1. The van der Waals surface area contributed by atoms with E-state index in [-0.39, 0.29) is 18.1 Å². The number of anilines is 1. The van der Waals surface area contributed by atoms with Crippen LogP contribution in [0, 0.1) is 0 Å². The highest BCUT2D eigenvalue weighted by molar-refractivity contribution is 5.97. The van der Waals surface area contributed by atoms with Crippen molar-refractivity contribution in [2.45, 2.75) is 31.4 Å². The molecule has 108 valence electrons. The average Bonchev–Trinajstić information content (AvgIpc) is 2.79. The van der Waals surface area contributed by atoms with Crippen LogP contribution in [0.15, 0.2) is 24.3 Å². The molecule has 5 heteroatoms. The van der Waals surface area contributed by atoms with E-state index in [1.165, 1.54) is 0 Å². The fourth-order valence-corrected chi connectivity index (χ4v) is 2.72. The predicted molar refractivity (Wildman–Crippen MR) is 75.9 cm³/mol. The predicted octanol–water partition coefficient (Wildman–Crippen LogP) is 1.31. The van der Waals surface area contributed by atoms with E-state index in [1.54, 1.807) is 4.90 Å². The molecule has 1 atom stereocenters. The molecule has 0 aliphatic carbocycles. The zero-order valence-electron chi connectivity index (χ0n) is 11.5. The lowest BCUT2D eigenvalue weighted by Gasteiger charge is -2.26. The fourth-order valence-electron chi connectivity index (χ4n) is 2.72. The first-order valence-corrected chi connectivity index (χ1v) is 7.13. The SMILES string of the molecule is NC1CC(=O)N(c2ccccc2OC2CCOCC2)C1. The maximum atomic E-state index is 12.0. The van der Waals surface area contributed by atoms with E-state index in [4.69, 9.17) is 15.2 Å². The van der Waals surface area contributed by atoms with Gasteiger partial charge in [0, 0.05) is 31.8 Å². The molecule has 0 spiro atoms. The summed E-state index contributed by atoms with van der Waals surface area (Å²) < 4.78 is 11.4. The van der Waals surface area contributed by atoms with Gasteiger partial charge >= 0.3 is 0 Å². The minimum atomic E-state index is -0.0846. The van der Waals surface area contributed by atoms with Gasteiger partial charge in [0.2, 0.25) is 5.91 Å². The summed E-state index contributed by atoms with van der Waals surface area (Å²) in [5.74, 6) is 0.836. The van der Waals surface area contributed by atoms with E-state index >= 15 is 0 Å². The molecule has 20 heavy (non-hydrogen) atoms. The monoisotopic (exact) mass is 276 g/mol. The van der Waals surface area contributed by atoms with E-state index in [9.17, 15) is 4.79 Å². The second-order valence-corrected chi connectivity index (χ2v) is 5.37. The molecule has 5 nitrogen and oxygen atoms in total. The van der Waals surface area contributed by atoms with Crippen molar-refractivity contribution in [3.05, 3.63) is 24.3 Å². The standard InChI is InChI=1S/C15H20N2O3/c16-11-9-15(18)17(10-11)13-3-1-2-4-14(13)20-12-5-7-19-8-6-12/h1-4,11-12H,5-10,16H2. The number of rotatable bonds is 3. The van der Waals surface area contributed by atoms with Crippen molar-refractivity contribution in [1.29, 1.82) is 0 Å². The summed E-state index contributed by atoms with van der Waals surface area (Å²) in [4.78, 5) is 13.7. The Morgan fingerprint density at radius 1 is 1.25 bits per heavy atom. The first kappa shape index (κ1) is 13.4. The number of amides is 1. The second-order valence-electron chi connectivity index (χ2n) is 5.37. The number of nitrogens with zero attached hydrogens (tertiary/aromatic N) is 1. The Labute approximate surface area is 118 Å². The molecule has 1 unspecified atom stereocenters. The van der Waals surface area contributed by atoms with Gasteiger partial charge in [0.25, 0.3) is 0 Å². The summed E-state index contributed by atoms with van der Waals surface area (Å²) in [7, 11) is 0. The molecule has 2 saturated heterocycles. The number of para-hydroxylation sites is 2. The van der Waals surface area contributed by atoms with E-state index in [0.717, 1.165) is 37.5 Å². The molecule has 0 radical (unpaired) electrons. The summed E-state index contributed by atoms with van der Waals surface area (Å²) in [6.07, 6.45) is 2.35. The lowest BCUT2D eigenvalue weighted by molar-refractivity contribution is -0.117. The Bertz CT molecular complexity index is 486. The lowest BCUT2D eigenvalue weighted by Crippen LogP contribution is -2.30. The molecule has 2 aliphatic heterocycles. The topological polar surface area (TPSA) is 64.8 Å². The summed E-state index contributed by atoms with van der Waals surface area (Å²) >= 11 is 0. The highest BCUT2D eigenvalue weighted by Crippen LogP contribution is 2.32. The van der Waals surface area contributed by atoms with Crippen LogP contribution in [-0.4, -0.2) is 37.8 Å². The Morgan fingerprint density at radius 2 is 2.00 bits per heavy atom. The van der Waals surface area contributed by atoms with Crippen LogP contribution < -0.4 is 15.4 Å². The van der Waals surface area contributed by atoms with Gasteiger partial charge in [-0.05, 0) is 12.1 Å². The third-order valence-electron chi connectivity index (χ3n) is 3.77. The van der Waals surface area contributed by atoms with Gasteiger partial charge < -0.3 is 20.1 Å². The lowest BCUT2D eigenvalue weighted by atomic mass is 10.1. The number of ether oxygens (including phenoxy) is 2. The molecule has 2 fully saturated rings. The largest absolute Gasteiger partial charge is 0.488 e. The van der Waals surface area contributed by atoms with Crippen LogP contribution in [0.4, 0.5) is 5.69 Å². The summed E-state index contributed by atoms with van der Waals surface area (Å²) in [5.41, 5.74) is 6.70. The first-order chi connectivity index (χ1) is 9.74. The Balaban J connectivity index is 1.79. The molecule has 1 aromatic carbocycles. The maximum Gasteiger partial charge on any atom is 0.228 e. The van der Waals surface area contributed by atoms with Crippen molar-refractivity contribution in [2.75, 3.05) is 24.7 Å². The Kier molecular flexibility index (Phi) is 3.89. The number of hydrogen-bond acceptors (Lipinski definition) is 4. The molecule has 3 rings (SSSR count).